The van der Waals surface area contributed by atoms with Crippen LogP contribution in [0.15, 0.2) is 235 Å². The van der Waals surface area contributed by atoms with Gasteiger partial charge in [0.15, 0.2) is 0 Å². The maximum Gasteiger partial charge on any atom is 0.294 e. The molecule has 9 aromatic rings. The number of aromatic nitrogens is 4. The molecule has 0 radical (unpaired) electrons. The molecule has 18 nitrogen and oxygen atoms in total. The van der Waals surface area contributed by atoms with E-state index in [2.05, 4.69) is 73.0 Å². The molecule has 22 heteroatoms. The fraction of sp³-hybridized carbons (Fsp3) is 0.206. The Hall–Kier alpha value is -8.58. The molecular weight excluding hydrogens is 1220 g/mol. The minimum absolute atomic E-state index is 0.183. The number of aliphatic imine (C=N–C) groups is 2. The van der Waals surface area contributed by atoms with E-state index in [1.54, 1.807) is 48.5 Å². The lowest BCUT2D eigenvalue weighted by Crippen LogP contribution is -2.15. The average molecular weight is 1290 g/mol. The standard InChI is InChI=1S/C68H66N6O12S4/c1-42(47-11-19-55(20-12-47)87(75,76)77)37-52(39-54(51-17-25-58(26-18-51)90(84,85)86)40-53(50-15-23-57(24-16-50)89(81,82)83)38-43(2)48-13-21-56(22-14-48)88(78,79)80)49-9-7-46(8-10-49)41-74-67(65-28-6-45(4)70-65)35-36-68(74)66-34-33-64(73-66)63-32-31-62(72-63)61-30-29-60(71-61)59-27-5-44(3)69-59/h5-36,42-43,52-54,70,72-73H,37-41H2,1-4H3,(H,75,76,77)(H,78,79,80)(H,81,82,83)(H,84,85,86)/b60-59+. The van der Waals surface area contributed by atoms with Crippen LogP contribution in [0.5, 0.6) is 0 Å². The number of H-pyrrole nitrogens is 3. The smallest absolute Gasteiger partial charge is 0.294 e. The Labute approximate surface area is 523 Å². The van der Waals surface area contributed by atoms with E-state index in [1.165, 1.54) is 48.5 Å². The van der Waals surface area contributed by atoms with Gasteiger partial charge in [0.05, 0.1) is 76.5 Å². The van der Waals surface area contributed by atoms with E-state index in [0.29, 0.717) is 32.2 Å². The molecule has 5 aromatic carbocycles. The van der Waals surface area contributed by atoms with Crippen LogP contribution in [0.4, 0.5) is 0 Å². The van der Waals surface area contributed by atoms with Crippen molar-refractivity contribution in [2.75, 3.05) is 0 Å². The number of hydrogen-bond donors (Lipinski definition) is 7. The lowest BCUT2D eigenvalue weighted by Gasteiger charge is -2.31. The molecule has 2 aliphatic rings. The number of nitrogens with one attached hydrogen (secondary N) is 3. The van der Waals surface area contributed by atoms with Crippen molar-refractivity contribution in [1.82, 2.24) is 19.5 Å². The predicted molar refractivity (Wildman–Crippen MR) is 348 cm³/mol. The third kappa shape index (κ3) is 14.5. The summed E-state index contributed by atoms with van der Waals surface area (Å²) in [5.41, 5.74) is 15.8. The van der Waals surface area contributed by atoms with Crippen LogP contribution in [0, 0.1) is 6.92 Å². The molecule has 7 N–H and O–H groups in total. The van der Waals surface area contributed by atoms with E-state index in [-0.39, 0.29) is 49.2 Å². The SMILES string of the molecule is CC1=N/C(=C2\C=CC(c3ccc(-c4ccc(-c5ccc(-c6ccc(C)[nH]6)n5Cc5ccc(C(CC(C)c6ccc(S(=O)(=O)O)cc6)CC(CC(CC(C)c6ccc(S(=O)(=O)O)cc6)c6ccc(S(=O)(=O)O)cc6)c6ccc(S(=O)(=O)O)cc6)cc5)[nH]4)[nH]3)=N2)C=C1. The average Bonchev–Trinajstić information content (AvgIpc) is 3.55. The van der Waals surface area contributed by atoms with Crippen molar-refractivity contribution in [2.24, 2.45) is 9.98 Å². The number of aromatic amines is 3. The topological polar surface area (TPSA) is 294 Å². The van der Waals surface area contributed by atoms with Crippen LogP contribution in [-0.4, -0.2) is 82.8 Å². The first-order valence-electron chi connectivity index (χ1n) is 29.1. The molecule has 4 aromatic heterocycles. The molecule has 0 aliphatic carbocycles. The summed E-state index contributed by atoms with van der Waals surface area (Å²) in [6, 6.07) is 48.8. The molecule has 0 amide bonds. The Kier molecular flexibility index (Phi) is 17.8. The van der Waals surface area contributed by atoms with E-state index >= 15 is 0 Å². The lowest BCUT2D eigenvalue weighted by atomic mass is 9.73. The van der Waals surface area contributed by atoms with Gasteiger partial charge >= 0.3 is 0 Å². The quantitative estimate of drug-likeness (QED) is 0.0294. The highest BCUT2D eigenvalue weighted by Crippen LogP contribution is 2.45. The van der Waals surface area contributed by atoms with Gasteiger partial charge in [-0.25, -0.2) is 4.99 Å². The maximum absolute atomic E-state index is 12.4. The largest absolute Gasteiger partial charge is 0.357 e. The molecule has 5 unspecified atom stereocenters. The van der Waals surface area contributed by atoms with Gasteiger partial charge in [-0.3, -0.25) is 23.2 Å². The molecule has 2 aliphatic heterocycles. The summed E-state index contributed by atoms with van der Waals surface area (Å²) >= 11 is 0. The van der Waals surface area contributed by atoms with Crippen LogP contribution >= 0.6 is 0 Å². The van der Waals surface area contributed by atoms with Crippen molar-refractivity contribution in [2.45, 2.75) is 109 Å². The van der Waals surface area contributed by atoms with Crippen molar-refractivity contribution in [1.29, 1.82) is 0 Å². The summed E-state index contributed by atoms with van der Waals surface area (Å²) in [5, 5.41) is 0. The fourth-order valence-corrected chi connectivity index (χ4v) is 14.1. The summed E-state index contributed by atoms with van der Waals surface area (Å²) in [5.74, 6) is -1.37. The van der Waals surface area contributed by atoms with Gasteiger partial charge in [0.1, 0.15) is 0 Å². The molecule has 11 rings (SSSR count). The Morgan fingerprint density at radius 1 is 0.378 bits per heavy atom. The number of benzene rings is 5. The molecule has 0 saturated carbocycles. The molecular formula is C68H66N6O12S4. The first kappa shape index (κ1) is 63.0. The highest BCUT2D eigenvalue weighted by molar-refractivity contribution is 7.86. The second-order valence-electron chi connectivity index (χ2n) is 23.3. The van der Waals surface area contributed by atoms with E-state index in [1.807, 2.05) is 76.3 Å². The van der Waals surface area contributed by atoms with Crippen molar-refractivity contribution in [3.8, 4) is 34.2 Å². The zero-order valence-corrected chi connectivity index (χ0v) is 52.7. The molecule has 0 spiro atoms. The molecule has 6 heterocycles. The van der Waals surface area contributed by atoms with Gasteiger partial charge in [-0.1, -0.05) is 86.6 Å². The second kappa shape index (κ2) is 25.4. The van der Waals surface area contributed by atoms with Crippen LogP contribution in [-0.2, 0) is 47.0 Å². The summed E-state index contributed by atoms with van der Waals surface area (Å²) in [6.07, 6.45) is 9.71. The van der Waals surface area contributed by atoms with E-state index in [0.717, 1.165) is 102 Å². The Morgan fingerprint density at radius 2 is 0.733 bits per heavy atom. The molecule has 5 atom stereocenters. The first-order chi connectivity index (χ1) is 42.7. The van der Waals surface area contributed by atoms with Crippen LogP contribution in [0.25, 0.3) is 34.2 Å². The van der Waals surface area contributed by atoms with Crippen LogP contribution in [0.2, 0.25) is 0 Å². The minimum atomic E-state index is -4.58. The molecule has 464 valence electrons. The van der Waals surface area contributed by atoms with Crippen molar-refractivity contribution < 1.29 is 51.9 Å². The zero-order chi connectivity index (χ0) is 63.9. The number of nitrogens with zero attached hydrogens (tertiary/aromatic N) is 3. The molecule has 0 bridgehead atoms. The van der Waals surface area contributed by atoms with Gasteiger partial charge in [0, 0.05) is 18.0 Å². The van der Waals surface area contributed by atoms with Crippen LogP contribution < -0.4 is 0 Å². The summed E-state index contributed by atoms with van der Waals surface area (Å²) in [7, 11) is -18.1. The number of allylic oxidation sites excluding steroid dienone is 4. The van der Waals surface area contributed by atoms with Gasteiger partial charge in [0.2, 0.25) is 0 Å². The van der Waals surface area contributed by atoms with Crippen molar-refractivity contribution in [3.63, 3.8) is 0 Å². The van der Waals surface area contributed by atoms with Crippen molar-refractivity contribution in [3.05, 3.63) is 250 Å². The third-order valence-electron chi connectivity index (χ3n) is 17.0. The zero-order valence-electron chi connectivity index (χ0n) is 49.4. The van der Waals surface area contributed by atoms with Gasteiger partial charge in [-0.2, -0.15) is 33.7 Å². The Balaban J connectivity index is 0.943. The van der Waals surface area contributed by atoms with E-state index in [9.17, 15) is 51.9 Å². The highest BCUT2D eigenvalue weighted by Gasteiger charge is 2.29. The molecule has 0 fully saturated rings. The Bertz CT molecular complexity index is 4790. The predicted octanol–water partition coefficient (Wildman–Crippen LogP) is 14.2. The third-order valence-corrected chi connectivity index (χ3v) is 20.5. The highest BCUT2D eigenvalue weighted by atomic mass is 32.2. The van der Waals surface area contributed by atoms with Crippen LogP contribution in [0.1, 0.15) is 121 Å². The summed E-state index contributed by atoms with van der Waals surface area (Å²) < 4.78 is 140. The normalized spacial score (nSPS) is 16.3. The van der Waals surface area contributed by atoms with Crippen LogP contribution in [0.3, 0.4) is 0 Å². The van der Waals surface area contributed by atoms with E-state index in [4.69, 9.17) is 4.99 Å². The Morgan fingerprint density at radius 3 is 1.14 bits per heavy atom. The summed E-state index contributed by atoms with van der Waals surface area (Å²) in [4.78, 5) is 19.1. The second-order valence-corrected chi connectivity index (χ2v) is 28.9. The van der Waals surface area contributed by atoms with E-state index < -0.39 is 40.5 Å². The van der Waals surface area contributed by atoms with Gasteiger partial charge in [-0.05, 0) is 224 Å². The van der Waals surface area contributed by atoms with Gasteiger partial charge < -0.3 is 19.5 Å². The number of rotatable bonds is 23. The summed E-state index contributed by atoms with van der Waals surface area (Å²) in [6.45, 7) is 8.44. The van der Waals surface area contributed by atoms with Gasteiger partial charge in [-0.15, -0.1) is 0 Å². The lowest BCUT2D eigenvalue weighted by molar-refractivity contribution is 0.413. The molecule has 0 saturated heterocycles. The maximum atomic E-state index is 12.4. The first-order valence-corrected chi connectivity index (χ1v) is 34.8. The monoisotopic (exact) mass is 1290 g/mol. The van der Waals surface area contributed by atoms with Crippen molar-refractivity contribution >= 4 is 51.9 Å². The molecule has 90 heavy (non-hydrogen) atoms. The number of aryl methyl sites for hydroxylation is 1. The fourth-order valence-electron chi connectivity index (χ4n) is 12.2. The minimum Gasteiger partial charge on any atom is -0.357 e. The number of hydrogen-bond acceptors (Lipinski definition) is 10. The van der Waals surface area contributed by atoms with Gasteiger partial charge in [0.25, 0.3) is 40.5 Å².